The highest BCUT2D eigenvalue weighted by Crippen LogP contribution is 2.23. The lowest BCUT2D eigenvalue weighted by atomic mass is 10.2. The first-order chi connectivity index (χ1) is 12.9. The Morgan fingerprint density at radius 1 is 1.00 bits per heavy atom. The van der Waals surface area contributed by atoms with Gasteiger partial charge >= 0.3 is 5.97 Å². The number of rotatable bonds is 8. The van der Waals surface area contributed by atoms with E-state index in [1.54, 1.807) is 24.3 Å². The normalized spacial score (nSPS) is 10.9. The summed E-state index contributed by atoms with van der Waals surface area (Å²) in [6.45, 7) is 3.19. The van der Waals surface area contributed by atoms with Crippen molar-refractivity contribution in [1.29, 1.82) is 0 Å². The molecule has 1 amide bonds. The van der Waals surface area contributed by atoms with Crippen LogP contribution in [0.1, 0.15) is 24.2 Å². The van der Waals surface area contributed by atoms with Crippen LogP contribution < -0.4 is 10.1 Å². The van der Waals surface area contributed by atoms with E-state index in [0.29, 0.717) is 18.0 Å². The summed E-state index contributed by atoms with van der Waals surface area (Å²) in [6.07, 6.45) is 0. The fraction of sp³-hybridized carbons (Fsp3) is 0.263. The summed E-state index contributed by atoms with van der Waals surface area (Å²) in [6, 6.07) is 12.6. The van der Waals surface area contributed by atoms with Crippen molar-refractivity contribution in [2.45, 2.75) is 18.7 Å². The van der Waals surface area contributed by atoms with Gasteiger partial charge in [-0.1, -0.05) is 31.2 Å². The van der Waals surface area contributed by atoms with Crippen LogP contribution in [0.15, 0.2) is 53.4 Å². The summed E-state index contributed by atoms with van der Waals surface area (Å²) in [4.78, 5) is 24.2. The Morgan fingerprint density at radius 3 is 2.37 bits per heavy atom. The Kier molecular flexibility index (Phi) is 6.95. The minimum atomic E-state index is -3.59. The third-order valence-corrected chi connectivity index (χ3v) is 5.40. The third kappa shape index (κ3) is 5.30. The number of carbonyl (C=O) groups is 2. The zero-order valence-corrected chi connectivity index (χ0v) is 15.9. The Balaban J connectivity index is 2.06. The molecule has 0 fully saturated rings. The second-order valence-electron chi connectivity index (χ2n) is 5.45. The van der Waals surface area contributed by atoms with Crippen LogP contribution in [0.3, 0.4) is 0 Å². The van der Waals surface area contributed by atoms with Gasteiger partial charge in [-0.2, -0.15) is 0 Å². The molecule has 27 heavy (non-hydrogen) atoms. The number of ether oxygens (including phenoxy) is 2. The molecule has 0 aliphatic heterocycles. The number of hydrogen-bond acceptors (Lipinski definition) is 6. The van der Waals surface area contributed by atoms with Crippen LogP contribution in [-0.4, -0.2) is 39.3 Å². The standard InChI is InChI=1S/C19H21NO6S/c1-3-25-16-11-7-6-10-15(16)20-18(21)13-26-19(22)14-9-5-8-12-17(14)27(23,24)4-2/h5-12H,3-4,13H2,1-2H3,(H,20,21). The second kappa shape index (κ2) is 9.18. The lowest BCUT2D eigenvalue weighted by Crippen LogP contribution is -2.22. The van der Waals surface area contributed by atoms with E-state index in [1.807, 2.05) is 6.92 Å². The minimum absolute atomic E-state index is 0.0955. The molecule has 0 aliphatic carbocycles. The van der Waals surface area contributed by atoms with Crippen molar-refractivity contribution >= 4 is 27.4 Å². The van der Waals surface area contributed by atoms with Crippen LogP contribution in [0.2, 0.25) is 0 Å². The molecule has 0 aliphatic rings. The number of esters is 1. The van der Waals surface area contributed by atoms with Crippen molar-refractivity contribution in [3.05, 3.63) is 54.1 Å². The fourth-order valence-electron chi connectivity index (χ4n) is 2.31. The predicted octanol–water partition coefficient (Wildman–Crippen LogP) is 2.67. The summed E-state index contributed by atoms with van der Waals surface area (Å²) >= 11 is 0. The highest BCUT2D eigenvalue weighted by molar-refractivity contribution is 7.91. The number of sulfone groups is 1. The van der Waals surface area contributed by atoms with Gasteiger partial charge in [0.15, 0.2) is 16.4 Å². The van der Waals surface area contributed by atoms with E-state index in [4.69, 9.17) is 9.47 Å². The molecule has 0 spiro atoms. The Hall–Kier alpha value is -2.87. The molecule has 0 aromatic heterocycles. The van der Waals surface area contributed by atoms with Crippen LogP contribution in [0.4, 0.5) is 5.69 Å². The van der Waals surface area contributed by atoms with E-state index in [1.165, 1.54) is 31.2 Å². The topological polar surface area (TPSA) is 98.8 Å². The van der Waals surface area contributed by atoms with Crippen LogP contribution in [0, 0.1) is 0 Å². The zero-order valence-electron chi connectivity index (χ0n) is 15.1. The molecular weight excluding hydrogens is 370 g/mol. The predicted molar refractivity (Wildman–Crippen MR) is 101 cm³/mol. The van der Waals surface area contributed by atoms with Gasteiger partial charge in [0.05, 0.1) is 28.5 Å². The smallest absolute Gasteiger partial charge is 0.339 e. The number of benzene rings is 2. The monoisotopic (exact) mass is 391 g/mol. The molecule has 0 bridgehead atoms. The SMILES string of the molecule is CCOc1ccccc1NC(=O)COC(=O)c1ccccc1S(=O)(=O)CC. The fourth-order valence-corrected chi connectivity index (χ4v) is 3.39. The molecular formula is C19H21NO6S. The molecule has 0 heterocycles. The number of hydrogen-bond donors (Lipinski definition) is 1. The van der Waals surface area contributed by atoms with Crippen molar-refractivity contribution in [3.8, 4) is 5.75 Å². The average Bonchev–Trinajstić information content (AvgIpc) is 2.68. The van der Waals surface area contributed by atoms with E-state index in [0.717, 1.165) is 0 Å². The maximum absolute atomic E-state index is 12.3. The number of nitrogens with one attached hydrogen (secondary N) is 1. The van der Waals surface area contributed by atoms with Crippen molar-refractivity contribution < 1.29 is 27.5 Å². The summed E-state index contributed by atoms with van der Waals surface area (Å²) in [7, 11) is -3.59. The Labute approximate surface area is 158 Å². The molecule has 8 heteroatoms. The molecule has 7 nitrogen and oxygen atoms in total. The van der Waals surface area contributed by atoms with Gasteiger partial charge in [0, 0.05) is 0 Å². The summed E-state index contributed by atoms with van der Waals surface area (Å²) in [5.41, 5.74) is 0.358. The lowest BCUT2D eigenvalue weighted by molar-refractivity contribution is -0.119. The number of amides is 1. The number of para-hydroxylation sites is 2. The molecule has 0 saturated carbocycles. The summed E-state index contributed by atoms with van der Waals surface area (Å²) in [5.74, 6) is -1.09. The van der Waals surface area contributed by atoms with E-state index in [-0.39, 0.29) is 16.2 Å². The van der Waals surface area contributed by atoms with E-state index in [2.05, 4.69) is 5.32 Å². The molecule has 2 aromatic rings. The first kappa shape index (κ1) is 20.4. The van der Waals surface area contributed by atoms with Crippen LogP contribution in [0.5, 0.6) is 5.75 Å². The summed E-state index contributed by atoms with van der Waals surface area (Å²) in [5, 5.41) is 2.60. The van der Waals surface area contributed by atoms with Gasteiger partial charge in [0.2, 0.25) is 0 Å². The largest absolute Gasteiger partial charge is 0.492 e. The van der Waals surface area contributed by atoms with Gasteiger partial charge in [-0.15, -0.1) is 0 Å². The van der Waals surface area contributed by atoms with Gasteiger partial charge < -0.3 is 14.8 Å². The zero-order chi connectivity index (χ0) is 19.9. The van der Waals surface area contributed by atoms with Crippen LogP contribution >= 0.6 is 0 Å². The van der Waals surface area contributed by atoms with Gasteiger partial charge in [0.1, 0.15) is 5.75 Å². The lowest BCUT2D eigenvalue weighted by Gasteiger charge is -2.12. The second-order valence-corrected chi connectivity index (χ2v) is 7.70. The molecule has 0 saturated heterocycles. The van der Waals surface area contributed by atoms with Crippen molar-refractivity contribution in [3.63, 3.8) is 0 Å². The number of carbonyl (C=O) groups excluding carboxylic acids is 2. The van der Waals surface area contributed by atoms with Gasteiger partial charge in [-0.25, -0.2) is 13.2 Å². The quantitative estimate of drug-likeness (QED) is 0.695. The van der Waals surface area contributed by atoms with Crippen molar-refractivity contribution in [2.75, 3.05) is 24.3 Å². The van der Waals surface area contributed by atoms with Gasteiger partial charge in [-0.3, -0.25) is 4.79 Å². The molecule has 0 radical (unpaired) electrons. The van der Waals surface area contributed by atoms with Crippen LogP contribution in [0.25, 0.3) is 0 Å². The molecule has 2 aromatic carbocycles. The van der Waals surface area contributed by atoms with E-state index in [9.17, 15) is 18.0 Å². The van der Waals surface area contributed by atoms with Gasteiger partial charge in [0.25, 0.3) is 5.91 Å². The molecule has 144 valence electrons. The van der Waals surface area contributed by atoms with Crippen LogP contribution in [-0.2, 0) is 19.4 Å². The highest BCUT2D eigenvalue weighted by atomic mass is 32.2. The third-order valence-electron chi connectivity index (χ3n) is 3.62. The van der Waals surface area contributed by atoms with E-state index < -0.39 is 28.3 Å². The number of anilines is 1. The van der Waals surface area contributed by atoms with Gasteiger partial charge in [-0.05, 0) is 31.2 Å². The minimum Gasteiger partial charge on any atom is -0.492 e. The highest BCUT2D eigenvalue weighted by Gasteiger charge is 2.22. The van der Waals surface area contributed by atoms with Crippen molar-refractivity contribution in [1.82, 2.24) is 0 Å². The maximum Gasteiger partial charge on any atom is 0.339 e. The maximum atomic E-state index is 12.3. The summed E-state index contributed by atoms with van der Waals surface area (Å²) < 4.78 is 34.6. The molecule has 1 N–H and O–H groups in total. The molecule has 2 rings (SSSR count). The first-order valence-electron chi connectivity index (χ1n) is 8.39. The van der Waals surface area contributed by atoms with Crippen molar-refractivity contribution in [2.24, 2.45) is 0 Å². The molecule has 0 unspecified atom stereocenters. The average molecular weight is 391 g/mol. The van der Waals surface area contributed by atoms with E-state index >= 15 is 0 Å². The molecule has 0 atom stereocenters. The Bertz CT molecular complexity index is 923. The first-order valence-corrected chi connectivity index (χ1v) is 10.0. The Morgan fingerprint density at radius 2 is 1.67 bits per heavy atom.